The molecule has 0 heterocycles. The van der Waals surface area contributed by atoms with Gasteiger partial charge in [-0.3, -0.25) is 4.79 Å². The summed E-state index contributed by atoms with van der Waals surface area (Å²) in [6, 6.07) is 0. The van der Waals surface area contributed by atoms with Gasteiger partial charge in [0, 0.05) is 12.3 Å². The third-order valence-corrected chi connectivity index (χ3v) is 2.15. The first kappa shape index (κ1) is 7.73. The summed E-state index contributed by atoms with van der Waals surface area (Å²) >= 11 is 0. The molecule has 1 saturated carbocycles. The molecule has 2 nitrogen and oxygen atoms in total. The first-order chi connectivity index (χ1) is 4.84. The van der Waals surface area contributed by atoms with Crippen molar-refractivity contribution in [1.29, 1.82) is 0 Å². The zero-order valence-corrected chi connectivity index (χ0v) is 6.18. The summed E-state index contributed by atoms with van der Waals surface area (Å²) in [5.74, 6) is 0.225. The van der Waals surface area contributed by atoms with Crippen LogP contribution in [0.4, 0.5) is 0 Å². The van der Waals surface area contributed by atoms with Crippen molar-refractivity contribution >= 4 is 5.78 Å². The number of carbonyl (C=O) groups excluding carboxylic acids is 1. The molecular formula is C8H14O2. The lowest BCUT2D eigenvalue weighted by Gasteiger charge is -2.06. The third-order valence-electron chi connectivity index (χ3n) is 2.15. The first-order valence-electron chi connectivity index (χ1n) is 3.98. The topological polar surface area (TPSA) is 37.3 Å². The Morgan fingerprint density at radius 3 is 2.90 bits per heavy atom. The predicted octanol–water partition coefficient (Wildman–Crippen LogP) is 1.13. The molecule has 1 rings (SSSR count). The van der Waals surface area contributed by atoms with E-state index in [1.165, 1.54) is 0 Å². The van der Waals surface area contributed by atoms with E-state index in [9.17, 15) is 4.79 Å². The number of carbonyl (C=O) groups is 1. The minimum atomic E-state index is -0.0394. The van der Waals surface area contributed by atoms with E-state index in [-0.39, 0.29) is 18.3 Å². The Bertz CT molecular complexity index is 120. The van der Waals surface area contributed by atoms with Gasteiger partial charge >= 0.3 is 0 Å². The maximum absolute atomic E-state index is 11.1. The molecule has 0 unspecified atom stereocenters. The molecule has 1 aliphatic carbocycles. The molecule has 0 saturated heterocycles. The second kappa shape index (κ2) is 3.71. The molecule has 58 valence electrons. The molecule has 0 aromatic rings. The first-order valence-corrected chi connectivity index (χ1v) is 3.98. The monoisotopic (exact) mass is 142 g/mol. The van der Waals surface area contributed by atoms with Crippen LogP contribution in [-0.4, -0.2) is 17.5 Å². The van der Waals surface area contributed by atoms with Gasteiger partial charge in [0.15, 0.2) is 0 Å². The zero-order valence-electron chi connectivity index (χ0n) is 6.18. The Morgan fingerprint density at radius 1 is 1.40 bits per heavy atom. The molecule has 0 bridgehead atoms. The number of aliphatic hydroxyl groups is 1. The van der Waals surface area contributed by atoms with Gasteiger partial charge in [0.1, 0.15) is 5.78 Å². The second-order valence-corrected chi connectivity index (χ2v) is 2.95. The van der Waals surface area contributed by atoms with E-state index in [1.807, 2.05) is 0 Å². The van der Waals surface area contributed by atoms with Gasteiger partial charge in [-0.25, -0.2) is 0 Å². The van der Waals surface area contributed by atoms with Crippen LogP contribution in [0.15, 0.2) is 0 Å². The quantitative estimate of drug-likeness (QED) is 0.557. The van der Waals surface area contributed by atoms with E-state index in [1.54, 1.807) is 0 Å². The van der Waals surface area contributed by atoms with Crippen molar-refractivity contribution in [3.8, 4) is 0 Å². The molecule has 0 spiro atoms. The molecule has 0 radical (unpaired) electrons. The van der Waals surface area contributed by atoms with Crippen LogP contribution in [0, 0.1) is 5.92 Å². The predicted molar refractivity (Wildman–Crippen MR) is 38.7 cm³/mol. The summed E-state index contributed by atoms with van der Waals surface area (Å²) < 4.78 is 0. The van der Waals surface area contributed by atoms with Crippen molar-refractivity contribution in [1.82, 2.24) is 0 Å². The largest absolute Gasteiger partial charge is 0.396 e. The Kier molecular flexibility index (Phi) is 2.87. The van der Waals surface area contributed by atoms with Crippen LogP contribution in [0.5, 0.6) is 0 Å². The molecule has 1 N–H and O–H groups in total. The second-order valence-electron chi connectivity index (χ2n) is 2.95. The third kappa shape index (κ3) is 1.81. The van der Waals surface area contributed by atoms with E-state index in [4.69, 9.17) is 5.11 Å². The average Bonchev–Trinajstić information content (AvgIpc) is 2.13. The molecule has 0 aromatic carbocycles. The fourth-order valence-electron chi connectivity index (χ4n) is 1.42. The van der Waals surface area contributed by atoms with Crippen molar-refractivity contribution in [3.05, 3.63) is 0 Å². The highest BCUT2D eigenvalue weighted by Crippen LogP contribution is 2.18. The Hall–Kier alpha value is -0.370. The van der Waals surface area contributed by atoms with Crippen LogP contribution >= 0.6 is 0 Å². The normalized spacial score (nSPS) is 28.1. The number of Topliss-reactive ketones (excluding diaryl/α,β-unsaturated/α-hetero) is 1. The van der Waals surface area contributed by atoms with Crippen LogP contribution in [0.25, 0.3) is 0 Å². The van der Waals surface area contributed by atoms with Crippen molar-refractivity contribution in [2.75, 3.05) is 6.61 Å². The lowest BCUT2D eigenvalue weighted by molar-refractivity contribution is -0.123. The highest BCUT2D eigenvalue weighted by molar-refractivity contribution is 5.81. The Morgan fingerprint density at radius 2 is 2.20 bits per heavy atom. The highest BCUT2D eigenvalue weighted by atomic mass is 16.3. The van der Waals surface area contributed by atoms with Crippen LogP contribution in [0.3, 0.4) is 0 Å². The number of hydrogen-bond acceptors (Lipinski definition) is 2. The number of ketones is 1. The van der Waals surface area contributed by atoms with E-state index >= 15 is 0 Å². The minimum Gasteiger partial charge on any atom is -0.396 e. The lowest BCUT2D eigenvalue weighted by atomic mass is 10.0. The highest BCUT2D eigenvalue weighted by Gasteiger charge is 2.18. The van der Waals surface area contributed by atoms with Crippen molar-refractivity contribution in [2.45, 2.75) is 32.1 Å². The molecule has 0 amide bonds. The molecule has 1 aliphatic rings. The minimum absolute atomic E-state index is 0.0394. The Balaban J connectivity index is 2.43. The Labute approximate surface area is 61.2 Å². The summed E-state index contributed by atoms with van der Waals surface area (Å²) in [6.45, 7) is 0.0544. The molecule has 0 aromatic heterocycles. The number of rotatable bonds is 1. The van der Waals surface area contributed by atoms with Crippen LogP contribution in [-0.2, 0) is 4.79 Å². The summed E-state index contributed by atoms with van der Waals surface area (Å²) in [4.78, 5) is 11.1. The summed E-state index contributed by atoms with van der Waals surface area (Å²) in [5, 5.41) is 8.77. The maximum Gasteiger partial charge on any atom is 0.138 e. The maximum atomic E-state index is 11.1. The van der Waals surface area contributed by atoms with Gasteiger partial charge in [0.25, 0.3) is 0 Å². The standard InChI is InChI=1S/C8H14O2/c9-6-7-4-2-1-3-5-8(7)10/h7,9H,1-6H2/t7-/m0/s1. The summed E-state index contributed by atoms with van der Waals surface area (Å²) in [7, 11) is 0. The summed E-state index contributed by atoms with van der Waals surface area (Å²) in [6.07, 6.45) is 4.87. The fourth-order valence-corrected chi connectivity index (χ4v) is 1.42. The van der Waals surface area contributed by atoms with Gasteiger partial charge < -0.3 is 5.11 Å². The SMILES string of the molecule is O=C1CCCCC[C@H]1CO. The zero-order chi connectivity index (χ0) is 7.40. The fraction of sp³-hybridized carbons (Fsp3) is 0.875. The van der Waals surface area contributed by atoms with Crippen molar-refractivity contribution < 1.29 is 9.90 Å². The summed E-state index contributed by atoms with van der Waals surface area (Å²) in [5.41, 5.74) is 0. The van der Waals surface area contributed by atoms with E-state index in [2.05, 4.69) is 0 Å². The van der Waals surface area contributed by atoms with Gasteiger partial charge in [-0.2, -0.15) is 0 Å². The number of hydrogen-bond donors (Lipinski definition) is 1. The van der Waals surface area contributed by atoms with Gasteiger partial charge in [-0.15, -0.1) is 0 Å². The molecule has 1 atom stereocenters. The van der Waals surface area contributed by atoms with Gasteiger partial charge in [0.05, 0.1) is 6.61 Å². The van der Waals surface area contributed by atoms with Crippen LogP contribution < -0.4 is 0 Å². The molecule has 10 heavy (non-hydrogen) atoms. The van der Waals surface area contributed by atoms with Crippen molar-refractivity contribution in [3.63, 3.8) is 0 Å². The van der Waals surface area contributed by atoms with Gasteiger partial charge in [-0.05, 0) is 12.8 Å². The van der Waals surface area contributed by atoms with Crippen LogP contribution in [0.1, 0.15) is 32.1 Å². The average molecular weight is 142 g/mol. The van der Waals surface area contributed by atoms with E-state index < -0.39 is 0 Å². The van der Waals surface area contributed by atoms with E-state index in [0.717, 1.165) is 25.7 Å². The molecular weight excluding hydrogens is 128 g/mol. The smallest absolute Gasteiger partial charge is 0.138 e. The molecule has 2 heteroatoms. The number of aliphatic hydroxyl groups excluding tert-OH is 1. The van der Waals surface area contributed by atoms with Gasteiger partial charge in [0.2, 0.25) is 0 Å². The molecule has 0 aliphatic heterocycles. The lowest BCUT2D eigenvalue weighted by Crippen LogP contribution is -2.16. The van der Waals surface area contributed by atoms with E-state index in [0.29, 0.717) is 6.42 Å². The van der Waals surface area contributed by atoms with Crippen molar-refractivity contribution in [2.24, 2.45) is 5.92 Å². The van der Waals surface area contributed by atoms with Gasteiger partial charge in [-0.1, -0.05) is 12.8 Å². The molecule has 1 fully saturated rings. The van der Waals surface area contributed by atoms with Crippen LogP contribution in [0.2, 0.25) is 0 Å².